The van der Waals surface area contributed by atoms with Crippen LogP contribution in [0.2, 0.25) is 0 Å². The van der Waals surface area contributed by atoms with Crippen molar-refractivity contribution in [1.29, 1.82) is 0 Å². The minimum atomic E-state index is 0.0709. The lowest BCUT2D eigenvalue weighted by molar-refractivity contribution is -0.116. The monoisotopic (exact) mass is 242 g/mol. The second-order valence-corrected chi connectivity index (χ2v) is 4.39. The van der Waals surface area contributed by atoms with E-state index in [2.05, 4.69) is 17.2 Å². The van der Waals surface area contributed by atoms with Crippen molar-refractivity contribution in [2.24, 2.45) is 0 Å². The second-order valence-electron chi connectivity index (χ2n) is 4.39. The molecule has 0 spiro atoms. The van der Waals surface area contributed by atoms with Gasteiger partial charge in [0.05, 0.1) is 11.2 Å². The highest BCUT2D eigenvalue weighted by atomic mass is 16.1. The van der Waals surface area contributed by atoms with Crippen LogP contribution in [-0.2, 0) is 4.79 Å². The van der Waals surface area contributed by atoms with Crippen LogP contribution >= 0.6 is 0 Å². The van der Waals surface area contributed by atoms with Crippen molar-refractivity contribution in [3.05, 3.63) is 36.5 Å². The van der Waals surface area contributed by atoms with E-state index in [-0.39, 0.29) is 5.91 Å². The number of unbranched alkanes of at least 4 members (excludes halogenated alkanes) is 2. The van der Waals surface area contributed by atoms with Crippen molar-refractivity contribution in [2.75, 3.05) is 5.32 Å². The summed E-state index contributed by atoms with van der Waals surface area (Å²) in [5.41, 5.74) is 1.65. The molecule has 0 fully saturated rings. The van der Waals surface area contributed by atoms with E-state index in [1.807, 2.05) is 30.3 Å². The highest BCUT2D eigenvalue weighted by Gasteiger charge is 2.05. The number of fused-ring (bicyclic) bond motifs is 1. The van der Waals surface area contributed by atoms with Crippen LogP contribution in [0.3, 0.4) is 0 Å². The molecular weight excluding hydrogens is 224 g/mol. The number of benzene rings is 1. The van der Waals surface area contributed by atoms with Crippen LogP contribution in [0.25, 0.3) is 10.9 Å². The summed E-state index contributed by atoms with van der Waals surface area (Å²) in [6.07, 6.45) is 5.50. The molecule has 0 saturated carbocycles. The lowest BCUT2D eigenvalue weighted by Crippen LogP contribution is -2.11. The van der Waals surface area contributed by atoms with Gasteiger partial charge in [-0.1, -0.05) is 38.0 Å². The van der Waals surface area contributed by atoms with Crippen LogP contribution in [0.1, 0.15) is 32.6 Å². The molecule has 1 amide bonds. The lowest BCUT2D eigenvalue weighted by Gasteiger charge is -2.07. The third kappa shape index (κ3) is 3.06. The molecule has 1 heterocycles. The van der Waals surface area contributed by atoms with Gasteiger partial charge in [0.15, 0.2) is 0 Å². The molecular formula is C15H18N2O. The van der Waals surface area contributed by atoms with Crippen molar-refractivity contribution >= 4 is 22.5 Å². The number of hydrogen-bond donors (Lipinski definition) is 1. The Kier molecular flexibility index (Phi) is 4.29. The Balaban J connectivity index is 2.09. The lowest BCUT2D eigenvalue weighted by atomic mass is 10.1. The Bertz CT molecular complexity index is 532. The third-order valence-electron chi connectivity index (χ3n) is 2.91. The van der Waals surface area contributed by atoms with E-state index in [4.69, 9.17) is 0 Å². The molecule has 0 aliphatic heterocycles. The molecule has 2 aromatic rings. The van der Waals surface area contributed by atoms with E-state index in [9.17, 15) is 4.79 Å². The molecule has 3 nitrogen and oxygen atoms in total. The number of nitrogens with zero attached hydrogens (tertiary/aromatic N) is 1. The van der Waals surface area contributed by atoms with Crippen molar-refractivity contribution in [1.82, 2.24) is 4.98 Å². The molecule has 1 aromatic heterocycles. The Morgan fingerprint density at radius 2 is 2.06 bits per heavy atom. The number of nitrogens with one attached hydrogen (secondary N) is 1. The number of hydrogen-bond acceptors (Lipinski definition) is 2. The molecule has 2 rings (SSSR count). The maximum atomic E-state index is 11.8. The van der Waals surface area contributed by atoms with Gasteiger partial charge in [0, 0.05) is 18.0 Å². The quantitative estimate of drug-likeness (QED) is 0.811. The summed E-state index contributed by atoms with van der Waals surface area (Å²) in [5, 5.41) is 3.99. The van der Waals surface area contributed by atoms with Gasteiger partial charge in [-0.15, -0.1) is 0 Å². The Morgan fingerprint density at radius 3 is 2.89 bits per heavy atom. The fourth-order valence-electron chi connectivity index (χ4n) is 1.95. The molecule has 1 N–H and O–H groups in total. The van der Waals surface area contributed by atoms with Crippen LogP contribution in [-0.4, -0.2) is 10.9 Å². The number of para-hydroxylation sites is 1. The third-order valence-corrected chi connectivity index (χ3v) is 2.91. The average Bonchev–Trinajstić information content (AvgIpc) is 2.39. The second kappa shape index (κ2) is 6.15. The van der Waals surface area contributed by atoms with Crippen molar-refractivity contribution in [2.45, 2.75) is 32.6 Å². The number of amides is 1. The molecule has 0 radical (unpaired) electrons. The molecule has 0 saturated heterocycles. The average molecular weight is 242 g/mol. The van der Waals surface area contributed by atoms with Crippen molar-refractivity contribution < 1.29 is 4.79 Å². The van der Waals surface area contributed by atoms with Gasteiger partial charge in [-0.2, -0.15) is 0 Å². The molecule has 1 aromatic carbocycles. The minimum absolute atomic E-state index is 0.0709. The van der Waals surface area contributed by atoms with Gasteiger partial charge in [0.25, 0.3) is 0 Å². The van der Waals surface area contributed by atoms with E-state index < -0.39 is 0 Å². The van der Waals surface area contributed by atoms with Gasteiger partial charge in [0.1, 0.15) is 0 Å². The zero-order chi connectivity index (χ0) is 12.8. The molecule has 0 bridgehead atoms. The first-order valence-corrected chi connectivity index (χ1v) is 6.45. The maximum Gasteiger partial charge on any atom is 0.224 e. The summed E-state index contributed by atoms with van der Waals surface area (Å²) in [4.78, 5) is 16.1. The zero-order valence-corrected chi connectivity index (χ0v) is 10.6. The fourth-order valence-corrected chi connectivity index (χ4v) is 1.95. The number of rotatable bonds is 5. The van der Waals surface area contributed by atoms with E-state index in [0.717, 1.165) is 35.9 Å². The summed E-state index contributed by atoms with van der Waals surface area (Å²) < 4.78 is 0. The Labute approximate surface area is 107 Å². The Morgan fingerprint density at radius 1 is 1.22 bits per heavy atom. The summed E-state index contributed by atoms with van der Waals surface area (Å²) in [5.74, 6) is 0.0709. The minimum Gasteiger partial charge on any atom is -0.324 e. The largest absolute Gasteiger partial charge is 0.324 e. The standard InChI is InChI=1S/C15H18N2O/c1-2-3-4-10-14(18)17-13-9-5-7-12-8-6-11-16-15(12)13/h5-9,11H,2-4,10H2,1H3,(H,17,18). The van der Waals surface area contributed by atoms with Gasteiger partial charge in [-0.25, -0.2) is 0 Å². The van der Waals surface area contributed by atoms with Crippen LogP contribution < -0.4 is 5.32 Å². The first-order chi connectivity index (χ1) is 8.81. The summed E-state index contributed by atoms with van der Waals surface area (Å²) in [6.45, 7) is 2.13. The molecule has 0 atom stereocenters. The molecule has 0 unspecified atom stereocenters. The van der Waals surface area contributed by atoms with E-state index in [1.165, 1.54) is 0 Å². The van der Waals surface area contributed by atoms with Gasteiger partial charge < -0.3 is 5.32 Å². The number of carbonyl (C=O) groups excluding carboxylic acids is 1. The normalized spacial score (nSPS) is 10.5. The first kappa shape index (κ1) is 12.6. The predicted octanol–water partition coefficient (Wildman–Crippen LogP) is 3.75. The van der Waals surface area contributed by atoms with E-state index >= 15 is 0 Å². The molecule has 18 heavy (non-hydrogen) atoms. The topological polar surface area (TPSA) is 42.0 Å². The highest BCUT2D eigenvalue weighted by Crippen LogP contribution is 2.20. The van der Waals surface area contributed by atoms with Gasteiger partial charge in [0.2, 0.25) is 5.91 Å². The summed E-state index contributed by atoms with van der Waals surface area (Å²) in [7, 11) is 0. The smallest absolute Gasteiger partial charge is 0.224 e. The van der Waals surface area contributed by atoms with Crippen LogP contribution in [0.5, 0.6) is 0 Å². The summed E-state index contributed by atoms with van der Waals surface area (Å²) in [6, 6.07) is 9.72. The number of pyridine rings is 1. The predicted molar refractivity (Wildman–Crippen MR) is 74.5 cm³/mol. The summed E-state index contributed by atoms with van der Waals surface area (Å²) >= 11 is 0. The van der Waals surface area contributed by atoms with Crippen LogP contribution in [0.15, 0.2) is 36.5 Å². The number of anilines is 1. The SMILES string of the molecule is CCCCCC(=O)Nc1cccc2cccnc12. The fraction of sp³-hybridized carbons (Fsp3) is 0.333. The molecule has 0 aliphatic carbocycles. The number of aromatic nitrogens is 1. The first-order valence-electron chi connectivity index (χ1n) is 6.45. The van der Waals surface area contributed by atoms with Gasteiger partial charge in [-0.05, 0) is 18.6 Å². The van der Waals surface area contributed by atoms with Crippen LogP contribution in [0.4, 0.5) is 5.69 Å². The van der Waals surface area contributed by atoms with Crippen molar-refractivity contribution in [3.8, 4) is 0 Å². The van der Waals surface area contributed by atoms with Crippen molar-refractivity contribution in [3.63, 3.8) is 0 Å². The number of carbonyl (C=O) groups is 1. The Hall–Kier alpha value is -1.90. The maximum absolute atomic E-state index is 11.8. The van der Waals surface area contributed by atoms with E-state index in [1.54, 1.807) is 6.20 Å². The molecule has 3 heteroatoms. The molecule has 94 valence electrons. The highest BCUT2D eigenvalue weighted by molar-refractivity contribution is 6.00. The van der Waals surface area contributed by atoms with Gasteiger partial charge >= 0.3 is 0 Å². The van der Waals surface area contributed by atoms with Gasteiger partial charge in [-0.3, -0.25) is 9.78 Å². The van der Waals surface area contributed by atoms with Crippen LogP contribution in [0, 0.1) is 0 Å². The van der Waals surface area contributed by atoms with E-state index in [0.29, 0.717) is 6.42 Å². The zero-order valence-electron chi connectivity index (χ0n) is 10.6. The molecule has 0 aliphatic rings.